The summed E-state index contributed by atoms with van der Waals surface area (Å²) in [6, 6.07) is 8.37. The van der Waals surface area contributed by atoms with Gasteiger partial charge in [0.2, 0.25) is 11.8 Å². The third-order valence-corrected chi connectivity index (χ3v) is 6.40. The smallest absolute Gasteiger partial charge is 0.234 e. The summed E-state index contributed by atoms with van der Waals surface area (Å²) in [4.78, 5) is 27.7. The average Bonchev–Trinajstić information content (AvgIpc) is 2.82. The van der Waals surface area contributed by atoms with Crippen molar-refractivity contribution < 1.29 is 9.59 Å². The van der Waals surface area contributed by atoms with E-state index in [1.807, 2.05) is 26.0 Å². The van der Waals surface area contributed by atoms with E-state index in [1.54, 1.807) is 4.90 Å². The van der Waals surface area contributed by atoms with Crippen LogP contribution in [-0.4, -0.2) is 22.8 Å². The van der Waals surface area contributed by atoms with E-state index in [0.717, 1.165) is 6.42 Å². The zero-order valence-corrected chi connectivity index (χ0v) is 14.2. The van der Waals surface area contributed by atoms with Gasteiger partial charge in [-0.3, -0.25) is 14.5 Å². The highest BCUT2D eigenvalue weighted by atomic mass is 16.2. The topological polar surface area (TPSA) is 37.4 Å². The van der Waals surface area contributed by atoms with Crippen LogP contribution in [0.15, 0.2) is 35.4 Å². The molecule has 1 saturated heterocycles. The molecule has 1 unspecified atom stereocenters. The van der Waals surface area contributed by atoms with E-state index in [1.165, 1.54) is 22.3 Å². The maximum atomic E-state index is 13.1. The minimum Gasteiger partial charge on any atom is -0.279 e. The molecule has 23 heavy (non-hydrogen) atoms. The summed E-state index contributed by atoms with van der Waals surface area (Å²) < 4.78 is 0. The van der Waals surface area contributed by atoms with Crippen LogP contribution in [0, 0.1) is 11.8 Å². The predicted octanol–water partition coefficient (Wildman–Crippen LogP) is 3.62. The SMILES string of the molecule is CCC(C)N1C(=O)[C@@H]2[C@H](C1=O)[C@@H]1C(C)=C(C)[C@H]2c2ccccc21. The van der Waals surface area contributed by atoms with E-state index in [-0.39, 0.29) is 41.5 Å². The van der Waals surface area contributed by atoms with Gasteiger partial charge in [-0.25, -0.2) is 0 Å². The van der Waals surface area contributed by atoms with Crippen LogP contribution >= 0.6 is 0 Å². The molecule has 5 atom stereocenters. The van der Waals surface area contributed by atoms with Crippen molar-refractivity contribution in [3.8, 4) is 0 Å². The van der Waals surface area contributed by atoms with Gasteiger partial charge in [-0.05, 0) is 38.3 Å². The Bertz CT molecular complexity index is 691. The van der Waals surface area contributed by atoms with Gasteiger partial charge >= 0.3 is 0 Å². The first-order valence-electron chi connectivity index (χ1n) is 8.62. The molecule has 120 valence electrons. The highest BCUT2D eigenvalue weighted by Crippen LogP contribution is 2.60. The second-order valence-electron chi connectivity index (χ2n) is 7.31. The summed E-state index contributed by atoms with van der Waals surface area (Å²) in [5.41, 5.74) is 5.10. The third-order valence-electron chi connectivity index (χ3n) is 6.40. The van der Waals surface area contributed by atoms with Gasteiger partial charge in [0.15, 0.2) is 0 Å². The van der Waals surface area contributed by atoms with E-state index in [4.69, 9.17) is 0 Å². The van der Waals surface area contributed by atoms with Gasteiger partial charge in [-0.2, -0.15) is 0 Å². The molecule has 3 heteroatoms. The number of likely N-dealkylation sites (tertiary alicyclic amines) is 1. The van der Waals surface area contributed by atoms with E-state index in [9.17, 15) is 9.59 Å². The van der Waals surface area contributed by atoms with Gasteiger partial charge < -0.3 is 0 Å². The van der Waals surface area contributed by atoms with Crippen molar-refractivity contribution in [1.82, 2.24) is 4.90 Å². The van der Waals surface area contributed by atoms with E-state index < -0.39 is 0 Å². The first-order chi connectivity index (χ1) is 11.0. The molecule has 0 aromatic heterocycles. The molecular weight excluding hydrogens is 286 g/mol. The monoisotopic (exact) mass is 309 g/mol. The standard InChI is InChI=1S/C20H23NO2/c1-5-10(2)21-19(22)17-15-11(3)12(4)16(18(17)20(21)23)14-9-7-6-8-13(14)15/h6-10,15-18H,5H2,1-4H3/t10?,15-,16+,17-,18+. The van der Waals surface area contributed by atoms with Gasteiger partial charge in [0.25, 0.3) is 0 Å². The molecule has 4 aliphatic rings. The van der Waals surface area contributed by atoms with E-state index in [2.05, 4.69) is 26.0 Å². The van der Waals surface area contributed by atoms with Crippen LogP contribution < -0.4 is 0 Å². The Kier molecular flexibility index (Phi) is 3.06. The number of nitrogens with zero attached hydrogens (tertiary/aromatic N) is 1. The van der Waals surface area contributed by atoms with Crippen LogP contribution in [0.2, 0.25) is 0 Å². The Labute approximate surface area is 137 Å². The Morgan fingerprint density at radius 1 is 0.957 bits per heavy atom. The number of benzene rings is 1. The Hall–Kier alpha value is -1.90. The van der Waals surface area contributed by atoms with Crippen LogP contribution in [0.4, 0.5) is 0 Å². The lowest BCUT2D eigenvalue weighted by molar-refractivity contribution is -0.142. The van der Waals surface area contributed by atoms with Crippen molar-refractivity contribution >= 4 is 11.8 Å². The minimum atomic E-state index is -0.194. The largest absolute Gasteiger partial charge is 0.279 e. The summed E-state index contributed by atoms with van der Waals surface area (Å²) >= 11 is 0. The van der Waals surface area contributed by atoms with Gasteiger partial charge in [0, 0.05) is 17.9 Å². The van der Waals surface area contributed by atoms with Crippen molar-refractivity contribution in [2.45, 2.75) is 52.0 Å². The summed E-state index contributed by atoms with van der Waals surface area (Å²) in [6.45, 7) is 8.30. The van der Waals surface area contributed by atoms with Gasteiger partial charge in [-0.1, -0.05) is 42.3 Å². The lowest BCUT2D eigenvalue weighted by Crippen LogP contribution is -2.40. The molecule has 2 amide bonds. The number of hydrogen-bond acceptors (Lipinski definition) is 2. The van der Waals surface area contributed by atoms with Crippen LogP contribution in [0.3, 0.4) is 0 Å². The average molecular weight is 309 g/mol. The second kappa shape index (κ2) is 4.80. The quantitative estimate of drug-likeness (QED) is 0.618. The van der Waals surface area contributed by atoms with Crippen molar-refractivity contribution in [1.29, 1.82) is 0 Å². The molecule has 0 spiro atoms. The summed E-state index contributed by atoms with van der Waals surface area (Å²) in [5.74, 6) is -0.144. The fourth-order valence-corrected chi connectivity index (χ4v) is 5.01. The lowest BCUT2D eigenvalue weighted by atomic mass is 9.55. The molecule has 5 rings (SSSR count). The molecule has 0 saturated carbocycles. The highest BCUT2D eigenvalue weighted by Gasteiger charge is 2.61. The van der Waals surface area contributed by atoms with Crippen LogP contribution in [-0.2, 0) is 9.59 Å². The molecule has 3 nitrogen and oxygen atoms in total. The number of allylic oxidation sites excluding steroid dienone is 2. The molecule has 1 aromatic carbocycles. The first kappa shape index (κ1) is 14.7. The minimum absolute atomic E-state index is 0.0104. The zero-order chi connectivity index (χ0) is 16.5. The van der Waals surface area contributed by atoms with Crippen LogP contribution in [0.5, 0.6) is 0 Å². The second-order valence-corrected chi connectivity index (χ2v) is 7.31. The third kappa shape index (κ3) is 1.65. The Balaban J connectivity index is 1.91. The van der Waals surface area contributed by atoms with E-state index >= 15 is 0 Å². The summed E-state index contributed by atoms with van der Waals surface area (Å²) in [7, 11) is 0. The zero-order valence-electron chi connectivity index (χ0n) is 14.2. The van der Waals surface area contributed by atoms with Crippen molar-refractivity contribution in [3.63, 3.8) is 0 Å². The predicted molar refractivity (Wildman–Crippen MR) is 88.9 cm³/mol. The maximum absolute atomic E-state index is 13.1. The number of hydrogen-bond donors (Lipinski definition) is 0. The van der Waals surface area contributed by atoms with Crippen LogP contribution in [0.25, 0.3) is 0 Å². The van der Waals surface area contributed by atoms with E-state index in [0.29, 0.717) is 0 Å². The van der Waals surface area contributed by atoms with Crippen molar-refractivity contribution in [2.75, 3.05) is 0 Å². The summed E-state index contributed by atoms with van der Waals surface area (Å²) in [5, 5.41) is 0. The van der Waals surface area contributed by atoms with Gasteiger partial charge in [0.05, 0.1) is 11.8 Å². The number of carbonyl (C=O) groups is 2. The highest BCUT2D eigenvalue weighted by molar-refractivity contribution is 6.07. The maximum Gasteiger partial charge on any atom is 0.234 e. The summed E-state index contributed by atoms with van der Waals surface area (Å²) in [6.07, 6.45) is 0.810. The molecule has 0 radical (unpaired) electrons. The van der Waals surface area contributed by atoms with Crippen LogP contribution in [0.1, 0.15) is 57.1 Å². The number of carbonyl (C=O) groups excluding carboxylic acids is 2. The lowest BCUT2D eigenvalue weighted by Gasteiger charge is -2.46. The first-order valence-corrected chi connectivity index (χ1v) is 8.62. The van der Waals surface area contributed by atoms with Gasteiger partial charge in [0.1, 0.15) is 0 Å². The molecule has 0 N–H and O–H groups in total. The molecular formula is C20H23NO2. The molecule has 3 aliphatic carbocycles. The molecule has 1 fully saturated rings. The fraction of sp³-hybridized carbons (Fsp3) is 0.500. The Morgan fingerprint density at radius 2 is 1.39 bits per heavy atom. The number of amides is 2. The van der Waals surface area contributed by atoms with Crippen molar-refractivity contribution in [3.05, 3.63) is 46.5 Å². The number of imide groups is 1. The molecule has 2 bridgehead atoms. The molecule has 1 aromatic rings. The van der Waals surface area contributed by atoms with Gasteiger partial charge in [-0.15, -0.1) is 0 Å². The Morgan fingerprint density at radius 3 is 1.78 bits per heavy atom. The fourth-order valence-electron chi connectivity index (χ4n) is 5.01. The molecule has 1 heterocycles. The number of rotatable bonds is 2. The van der Waals surface area contributed by atoms with Crippen molar-refractivity contribution in [2.24, 2.45) is 11.8 Å². The molecule has 1 aliphatic heterocycles. The normalized spacial score (nSPS) is 33.1.